The minimum atomic E-state index is -0.654. The summed E-state index contributed by atoms with van der Waals surface area (Å²) in [5, 5.41) is 20.3. The highest BCUT2D eigenvalue weighted by atomic mass is 32.1. The second-order valence-corrected chi connectivity index (χ2v) is 7.66. The van der Waals surface area contributed by atoms with Gasteiger partial charge in [-0.25, -0.2) is 8.91 Å². The smallest absolute Gasteiger partial charge is 0.286 e. The fourth-order valence-electron chi connectivity index (χ4n) is 3.25. The van der Waals surface area contributed by atoms with Gasteiger partial charge in [0.2, 0.25) is 4.96 Å². The van der Waals surface area contributed by atoms with Crippen LogP contribution in [0, 0.1) is 15.9 Å². The predicted octanol–water partition coefficient (Wildman–Crippen LogP) is 3.49. The van der Waals surface area contributed by atoms with E-state index in [9.17, 15) is 19.3 Å². The van der Waals surface area contributed by atoms with Gasteiger partial charge in [-0.05, 0) is 12.1 Å². The van der Waals surface area contributed by atoms with E-state index < -0.39 is 22.3 Å². The van der Waals surface area contributed by atoms with Crippen LogP contribution < -0.4 is 14.8 Å². The zero-order chi connectivity index (χ0) is 23.5. The molecule has 33 heavy (non-hydrogen) atoms. The van der Waals surface area contributed by atoms with Crippen molar-refractivity contribution in [1.29, 1.82) is 0 Å². The van der Waals surface area contributed by atoms with Crippen LogP contribution in [0.4, 0.5) is 10.1 Å². The highest BCUT2D eigenvalue weighted by Gasteiger charge is 2.24. The predicted molar refractivity (Wildman–Crippen MR) is 118 cm³/mol. The fraction of sp³-hybridized carbons (Fsp3) is 0.190. The lowest BCUT2D eigenvalue weighted by Crippen LogP contribution is -2.26. The SMILES string of the molecule is COc1cc(C(=O)NCCc2csc3nc(-c4ccccc4F)nn23)c([N+](=O)[O-])cc1OC. The number of nitrogens with zero attached hydrogens (tertiary/aromatic N) is 4. The molecule has 2 aromatic carbocycles. The number of nitro groups is 1. The van der Waals surface area contributed by atoms with Crippen molar-refractivity contribution in [2.75, 3.05) is 20.8 Å². The average molecular weight is 471 g/mol. The number of ether oxygens (including phenoxy) is 2. The van der Waals surface area contributed by atoms with Crippen LogP contribution in [0.5, 0.6) is 11.5 Å². The maximum Gasteiger partial charge on any atom is 0.286 e. The Morgan fingerprint density at radius 1 is 1.24 bits per heavy atom. The number of aromatic nitrogens is 3. The van der Waals surface area contributed by atoms with E-state index in [1.807, 2.05) is 5.38 Å². The molecule has 0 aliphatic carbocycles. The van der Waals surface area contributed by atoms with Crippen LogP contribution in [-0.4, -0.2) is 46.2 Å². The van der Waals surface area contributed by atoms with E-state index in [1.165, 1.54) is 37.7 Å². The molecule has 0 radical (unpaired) electrons. The first-order valence-corrected chi connectivity index (χ1v) is 10.6. The minimum absolute atomic E-state index is 0.143. The Bertz CT molecular complexity index is 1350. The van der Waals surface area contributed by atoms with Crippen molar-refractivity contribution in [3.8, 4) is 22.9 Å². The Labute approximate surface area is 190 Å². The maximum atomic E-state index is 14.1. The summed E-state index contributed by atoms with van der Waals surface area (Å²) in [6, 6.07) is 8.66. The highest BCUT2D eigenvalue weighted by molar-refractivity contribution is 7.15. The molecule has 0 fully saturated rings. The number of methoxy groups -OCH3 is 2. The lowest BCUT2D eigenvalue weighted by Gasteiger charge is -2.10. The van der Waals surface area contributed by atoms with E-state index in [0.717, 1.165) is 11.8 Å². The summed E-state index contributed by atoms with van der Waals surface area (Å²) in [5.41, 5.74) is 0.519. The van der Waals surface area contributed by atoms with Gasteiger partial charge in [0.25, 0.3) is 11.6 Å². The molecule has 2 heterocycles. The van der Waals surface area contributed by atoms with E-state index in [1.54, 1.807) is 22.7 Å². The third kappa shape index (κ3) is 4.32. The second-order valence-electron chi connectivity index (χ2n) is 6.82. The largest absolute Gasteiger partial charge is 0.493 e. The summed E-state index contributed by atoms with van der Waals surface area (Å²) >= 11 is 1.34. The van der Waals surface area contributed by atoms with Crippen LogP contribution in [0.1, 0.15) is 16.1 Å². The molecule has 0 bridgehead atoms. The van der Waals surface area contributed by atoms with Gasteiger partial charge >= 0.3 is 0 Å². The second kappa shape index (κ2) is 9.20. The number of benzene rings is 2. The van der Waals surface area contributed by atoms with Gasteiger partial charge in [-0.1, -0.05) is 12.1 Å². The molecule has 10 nitrogen and oxygen atoms in total. The molecular weight excluding hydrogens is 453 g/mol. The number of nitrogens with one attached hydrogen (secondary N) is 1. The number of halogens is 1. The van der Waals surface area contributed by atoms with Crippen molar-refractivity contribution in [3.05, 3.63) is 69.0 Å². The Hall–Kier alpha value is -4.06. The molecule has 0 saturated heterocycles. The Morgan fingerprint density at radius 2 is 1.97 bits per heavy atom. The first-order valence-electron chi connectivity index (χ1n) is 9.69. The molecular formula is C21H18FN5O5S. The van der Waals surface area contributed by atoms with Crippen molar-refractivity contribution < 1.29 is 23.6 Å². The minimum Gasteiger partial charge on any atom is -0.493 e. The molecule has 0 atom stereocenters. The molecule has 0 aliphatic heterocycles. The monoisotopic (exact) mass is 471 g/mol. The number of thiazole rings is 1. The molecule has 0 saturated carbocycles. The molecule has 1 N–H and O–H groups in total. The molecule has 2 aromatic heterocycles. The topological polar surface area (TPSA) is 121 Å². The van der Waals surface area contributed by atoms with E-state index in [4.69, 9.17) is 9.47 Å². The summed E-state index contributed by atoms with van der Waals surface area (Å²) in [6.07, 6.45) is 0.382. The third-order valence-electron chi connectivity index (χ3n) is 4.87. The lowest BCUT2D eigenvalue weighted by atomic mass is 10.1. The van der Waals surface area contributed by atoms with E-state index in [2.05, 4.69) is 15.4 Å². The van der Waals surface area contributed by atoms with E-state index in [-0.39, 0.29) is 29.4 Å². The van der Waals surface area contributed by atoms with Crippen molar-refractivity contribution in [2.45, 2.75) is 6.42 Å². The van der Waals surface area contributed by atoms with Gasteiger partial charge in [-0.2, -0.15) is 4.98 Å². The first kappa shape index (κ1) is 22.1. The average Bonchev–Trinajstić information content (AvgIpc) is 3.39. The summed E-state index contributed by atoms with van der Waals surface area (Å²) in [5.74, 6) is -0.415. The summed E-state index contributed by atoms with van der Waals surface area (Å²) in [4.78, 5) is 28.4. The molecule has 0 spiro atoms. The number of fused-ring (bicyclic) bond motifs is 1. The number of amides is 1. The Morgan fingerprint density at radius 3 is 2.67 bits per heavy atom. The summed E-state index contributed by atoms with van der Waals surface area (Å²) < 4.78 is 25.9. The van der Waals surface area contributed by atoms with Crippen LogP contribution in [0.3, 0.4) is 0 Å². The van der Waals surface area contributed by atoms with Crippen molar-refractivity contribution >= 4 is 27.9 Å². The van der Waals surface area contributed by atoms with Crippen LogP contribution in [0.2, 0.25) is 0 Å². The zero-order valence-electron chi connectivity index (χ0n) is 17.6. The van der Waals surface area contributed by atoms with Gasteiger partial charge in [0, 0.05) is 24.4 Å². The molecule has 0 unspecified atom stereocenters. The number of carbonyl (C=O) groups excluding carboxylic acids is 1. The Kier molecular flexibility index (Phi) is 6.18. The quantitative estimate of drug-likeness (QED) is 0.308. The molecule has 170 valence electrons. The van der Waals surface area contributed by atoms with E-state index >= 15 is 0 Å². The number of nitro benzene ring substituents is 1. The van der Waals surface area contributed by atoms with Crippen LogP contribution in [-0.2, 0) is 6.42 Å². The number of rotatable bonds is 8. The molecule has 4 aromatic rings. The third-order valence-corrected chi connectivity index (χ3v) is 5.74. The van der Waals surface area contributed by atoms with Gasteiger partial charge in [0.05, 0.1) is 36.5 Å². The fourth-order valence-corrected chi connectivity index (χ4v) is 4.11. The number of carbonyl (C=O) groups is 1. The summed E-state index contributed by atoms with van der Waals surface area (Å²) in [7, 11) is 2.73. The van der Waals surface area contributed by atoms with Gasteiger partial charge < -0.3 is 14.8 Å². The standard InChI is InChI=1S/C21H18FN5O5S/c1-31-17-9-14(16(27(29)30)10-18(17)32-2)20(28)23-8-7-12-11-33-21-24-19(25-26(12)21)13-5-3-4-6-15(13)22/h3-6,9-11H,7-8H2,1-2H3,(H,23,28). The normalized spacial score (nSPS) is 10.9. The van der Waals surface area contributed by atoms with Gasteiger partial charge in [0.15, 0.2) is 17.3 Å². The van der Waals surface area contributed by atoms with E-state index in [0.29, 0.717) is 16.9 Å². The van der Waals surface area contributed by atoms with Crippen molar-refractivity contribution in [3.63, 3.8) is 0 Å². The van der Waals surface area contributed by atoms with Crippen LogP contribution >= 0.6 is 11.3 Å². The van der Waals surface area contributed by atoms with Gasteiger partial charge in [-0.15, -0.1) is 16.4 Å². The molecule has 12 heteroatoms. The number of hydrogen-bond acceptors (Lipinski definition) is 8. The Balaban J connectivity index is 1.50. The summed E-state index contributed by atoms with van der Waals surface area (Å²) in [6.45, 7) is 0.186. The lowest BCUT2D eigenvalue weighted by molar-refractivity contribution is -0.385. The first-order chi connectivity index (χ1) is 15.9. The van der Waals surface area contributed by atoms with Crippen LogP contribution in [0.25, 0.3) is 16.3 Å². The zero-order valence-corrected chi connectivity index (χ0v) is 18.4. The van der Waals surface area contributed by atoms with Crippen molar-refractivity contribution in [2.24, 2.45) is 0 Å². The highest BCUT2D eigenvalue weighted by Crippen LogP contribution is 2.34. The van der Waals surface area contributed by atoms with Gasteiger partial charge in [0.1, 0.15) is 11.4 Å². The molecule has 0 aliphatic rings. The number of hydrogen-bond donors (Lipinski definition) is 1. The van der Waals surface area contributed by atoms with Crippen molar-refractivity contribution in [1.82, 2.24) is 19.9 Å². The van der Waals surface area contributed by atoms with Crippen LogP contribution in [0.15, 0.2) is 41.8 Å². The molecule has 1 amide bonds. The maximum absolute atomic E-state index is 14.1. The van der Waals surface area contributed by atoms with Gasteiger partial charge in [-0.3, -0.25) is 14.9 Å². The molecule has 4 rings (SSSR count).